The van der Waals surface area contributed by atoms with Crippen LogP contribution in [0.15, 0.2) is 6.07 Å². The van der Waals surface area contributed by atoms with E-state index in [-0.39, 0.29) is 12.1 Å². The van der Waals surface area contributed by atoms with Gasteiger partial charge in [0.15, 0.2) is 0 Å². The van der Waals surface area contributed by atoms with Gasteiger partial charge in [-0.15, -0.1) is 0 Å². The van der Waals surface area contributed by atoms with Gasteiger partial charge in [0.25, 0.3) is 0 Å². The van der Waals surface area contributed by atoms with Crippen molar-refractivity contribution in [2.45, 2.75) is 25.5 Å². The molecule has 0 amide bonds. The predicted molar refractivity (Wildman–Crippen MR) is 68.2 cm³/mol. The molecule has 17 heavy (non-hydrogen) atoms. The number of hydrogen-bond acceptors (Lipinski definition) is 6. The van der Waals surface area contributed by atoms with Crippen molar-refractivity contribution in [3.8, 4) is 0 Å². The topological polar surface area (TPSA) is 76.3 Å². The smallest absolute Gasteiger partial charge is 0.223 e. The number of nitrogen functional groups attached to an aromatic ring is 1. The number of nitrogens with zero attached hydrogens (tertiary/aromatic N) is 3. The second-order valence-electron chi connectivity index (χ2n) is 4.26. The summed E-state index contributed by atoms with van der Waals surface area (Å²) in [5, 5.41) is 2.98. The van der Waals surface area contributed by atoms with Crippen LogP contribution in [-0.4, -0.2) is 42.8 Å². The normalized spacial score (nSPS) is 23.7. The minimum absolute atomic E-state index is 0.217. The lowest BCUT2D eigenvalue weighted by Gasteiger charge is -2.28. The zero-order chi connectivity index (χ0) is 12.4. The Balaban J connectivity index is 2.23. The molecule has 1 fully saturated rings. The van der Waals surface area contributed by atoms with Crippen LogP contribution in [0.2, 0.25) is 0 Å². The maximum atomic E-state index is 5.69. The number of ether oxygens (including phenoxy) is 1. The summed E-state index contributed by atoms with van der Waals surface area (Å²) in [7, 11) is 3.82. The van der Waals surface area contributed by atoms with E-state index in [2.05, 4.69) is 27.1 Å². The van der Waals surface area contributed by atoms with E-state index in [1.165, 1.54) is 0 Å². The second-order valence-corrected chi connectivity index (χ2v) is 4.26. The highest BCUT2D eigenvalue weighted by Crippen LogP contribution is 2.24. The van der Waals surface area contributed by atoms with E-state index in [4.69, 9.17) is 10.5 Å². The van der Waals surface area contributed by atoms with Crippen molar-refractivity contribution < 1.29 is 4.74 Å². The van der Waals surface area contributed by atoms with Crippen LogP contribution >= 0.6 is 0 Å². The summed E-state index contributed by atoms with van der Waals surface area (Å²) >= 11 is 0. The fourth-order valence-corrected chi connectivity index (χ4v) is 2.16. The molecule has 1 aromatic rings. The van der Waals surface area contributed by atoms with Gasteiger partial charge >= 0.3 is 0 Å². The summed E-state index contributed by atoms with van der Waals surface area (Å²) in [5.74, 6) is 1.83. The van der Waals surface area contributed by atoms with Crippen LogP contribution in [0.1, 0.15) is 13.3 Å². The molecule has 0 aromatic carbocycles. The molecule has 0 aliphatic carbocycles. The lowest BCUT2D eigenvalue weighted by molar-refractivity contribution is 0.118. The molecule has 2 unspecified atom stereocenters. The van der Waals surface area contributed by atoms with Crippen LogP contribution in [0.3, 0.4) is 0 Å². The van der Waals surface area contributed by atoms with Gasteiger partial charge in [0.1, 0.15) is 11.6 Å². The average Bonchev–Trinajstić information content (AvgIpc) is 2.73. The number of aromatic nitrogens is 2. The van der Waals surface area contributed by atoms with E-state index in [9.17, 15) is 0 Å². The Hall–Kier alpha value is -1.56. The minimum Gasteiger partial charge on any atom is -0.376 e. The third-order valence-electron chi connectivity index (χ3n) is 3.18. The van der Waals surface area contributed by atoms with Gasteiger partial charge in [-0.1, -0.05) is 0 Å². The highest BCUT2D eigenvalue weighted by atomic mass is 16.5. The Morgan fingerprint density at radius 3 is 2.88 bits per heavy atom. The molecule has 0 radical (unpaired) electrons. The average molecular weight is 237 g/mol. The van der Waals surface area contributed by atoms with Crippen molar-refractivity contribution in [2.75, 3.05) is 36.7 Å². The SMILES string of the molecule is CNc1cc(N(C)C2CCOC2C)nc(N)n1. The molecule has 6 nitrogen and oxygen atoms in total. The van der Waals surface area contributed by atoms with Gasteiger partial charge in [-0.05, 0) is 13.3 Å². The molecule has 1 saturated heterocycles. The third-order valence-corrected chi connectivity index (χ3v) is 3.18. The highest BCUT2D eigenvalue weighted by molar-refractivity contribution is 5.52. The molecule has 0 saturated carbocycles. The first-order valence-corrected chi connectivity index (χ1v) is 5.78. The fourth-order valence-electron chi connectivity index (χ4n) is 2.16. The van der Waals surface area contributed by atoms with Crippen LogP contribution in [0.25, 0.3) is 0 Å². The van der Waals surface area contributed by atoms with Gasteiger partial charge in [-0.25, -0.2) is 0 Å². The van der Waals surface area contributed by atoms with Crippen LogP contribution in [-0.2, 0) is 4.74 Å². The first-order chi connectivity index (χ1) is 8.11. The highest BCUT2D eigenvalue weighted by Gasteiger charge is 2.28. The number of likely N-dealkylation sites (N-methyl/N-ethyl adjacent to an activating group) is 1. The van der Waals surface area contributed by atoms with E-state index in [0.29, 0.717) is 6.04 Å². The van der Waals surface area contributed by atoms with E-state index in [1.54, 1.807) is 0 Å². The van der Waals surface area contributed by atoms with Gasteiger partial charge in [-0.3, -0.25) is 0 Å². The summed E-state index contributed by atoms with van der Waals surface area (Å²) in [6.45, 7) is 2.88. The number of nitrogens with one attached hydrogen (secondary N) is 1. The van der Waals surface area contributed by atoms with E-state index >= 15 is 0 Å². The standard InChI is InChI=1S/C11H19N5O/c1-7-8(4-5-17-7)16(3)10-6-9(13-2)14-11(12)15-10/h6-8H,4-5H2,1-3H3,(H3,12,13,14,15). The molecule has 6 heteroatoms. The Kier molecular flexibility index (Phi) is 3.33. The molecule has 1 aliphatic rings. The second kappa shape index (κ2) is 4.75. The van der Waals surface area contributed by atoms with Gasteiger partial charge in [0.2, 0.25) is 5.95 Å². The van der Waals surface area contributed by atoms with Crippen molar-refractivity contribution in [1.82, 2.24) is 9.97 Å². The zero-order valence-electron chi connectivity index (χ0n) is 10.5. The maximum Gasteiger partial charge on any atom is 0.223 e. The molecular formula is C11H19N5O. The van der Waals surface area contributed by atoms with Crippen LogP contribution in [0.5, 0.6) is 0 Å². The molecule has 2 rings (SSSR count). The number of rotatable bonds is 3. The van der Waals surface area contributed by atoms with Gasteiger partial charge in [0, 0.05) is 26.8 Å². The van der Waals surface area contributed by atoms with Crippen LogP contribution in [0.4, 0.5) is 17.6 Å². The third kappa shape index (κ3) is 2.41. The molecule has 94 valence electrons. The largest absolute Gasteiger partial charge is 0.376 e. The number of hydrogen-bond donors (Lipinski definition) is 2. The summed E-state index contributed by atoms with van der Waals surface area (Å²) in [5.41, 5.74) is 5.69. The zero-order valence-corrected chi connectivity index (χ0v) is 10.5. The van der Waals surface area contributed by atoms with Gasteiger partial charge in [-0.2, -0.15) is 9.97 Å². The van der Waals surface area contributed by atoms with Crippen LogP contribution < -0.4 is 16.0 Å². The molecule has 1 aromatic heterocycles. The number of anilines is 3. The molecule has 0 spiro atoms. The quantitative estimate of drug-likeness (QED) is 0.806. The van der Waals surface area contributed by atoms with Crippen molar-refractivity contribution in [2.24, 2.45) is 0 Å². The summed E-state index contributed by atoms with van der Waals surface area (Å²) < 4.78 is 5.56. The Labute approximate surface area is 101 Å². The first-order valence-electron chi connectivity index (χ1n) is 5.78. The van der Waals surface area contributed by atoms with Gasteiger partial charge in [0.05, 0.1) is 12.1 Å². The van der Waals surface area contributed by atoms with E-state index in [1.807, 2.05) is 20.2 Å². The van der Waals surface area contributed by atoms with Crippen molar-refractivity contribution in [3.63, 3.8) is 0 Å². The van der Waals surface area contributed by atoms with Crippen LogP contribution in [0, 0.1) is 0 Å². The summed E-state index contributed by atoms with van der Waals surface area (Å²) in [6, 6.07) is 2.23. The van der Waals surface area contributed by atoms with E-state index < -0.39 is 0 Å². The lowest BCUT2D eigenvalue weighted by atomic mass is 10.1. The van der Waals surface area contributed by atoms with Crippen molar-refractivity contribution in [3.05, 3.63) is 6.07 Å². The molecular weight excluding hydrogens is 218 g/mol. The molecule has 2 heterocycles. The van der Waals surface area contributed by atoms with Crippen molar-refractivity contribution >= 4 is 17.6 Å². The molecule has 0 bridgehead atoms. The van der Waals surface area contributed by atoms with Crippen molar-refractivity contribution in [1.29, 1.82) is 0 Å². The molecule has 3 N–H and O–H groups in total. The maximum absolute atomic E-state index is 5.69. The van der Waals surface area contributed by atoms with Gasteiger partial charge < -0.3 is 20.7 Å². The lowest BCUT2D eigenvalue weighted by Crippen LogP contribution is -2.37. The monoisotopic (exact) mass is 237 g/mol. The first kappa shape index (κ1) is 11.9. The molecule has 1 aliphatic heterocycles. The van der Waals surface area contributed by atoms with E-state index in [0.717, 1.165) is 24.7 Å². The fraction of sp³-hybridized carbons (Fsp3) is 0.636. The summed E-state index contributed by atoms with van der Waals surface area (Å²) in [6.07, 6.45) is 1.23. The summed E-state index contributed by atoms with van der Waals surface area (Å²) in [4.78, 5) is 10.4. The Morgan fingerprint density at radius 1 is 1.53 bits per heavy atom. The minimum atomic E-state index is 0.217. The Bertz CT molecular complexity index is 397. The Morgan fingerprint density at radius 2 is 2.29 bits per heavy atom. The molecule has 2 atom stereocenters. The predicted octanol–water partition coefficient (Wildman–Crippen LogP) is 0.714. The number of nitrogens with two attached hydrogens (primary N) is 1.